The normalized spacial score (nSPS) is 10.1. The number of methoxy groups -OCH3 is 1. The third-order valence-electron chi connectivity index (χ3n) is 2.83. The number of rotatable bonds is 5. The third kappa shape index (κ3) is 3.82. The zero-order valence-electron chi connectivity index (χ0n) is 11.1. The van der Waals surface area contributed by atoms with E-state index in [4.69, 9.17) is 4.74 Å². The van der Waals surface area contributed by atoms with Gasteiger partial charge in [-0.05, 0) is 11.6 Å². The zero-order chi connectivity index (χ0) is 14.4. The summed E-state index contributed by atoms with van der Waals surface area (Å²) in [4.78, 5) is 11.3. The predicted octanol–water partition coefficient (Wildman–Crippen LogP) is 3.12. The number of carbonyl (C=O) groups excluding carboxylic acids is 1. The highest BCUT2D eigenvalue weighted by Crippen LogP contribution is 2.22. The first kappa shape index (κ1) is 14.1. The fourth-order valence-electron chi connectivity index (χ4n) is 1.77. The van der Waals surface area contributed by atoms with E-state index >= 15 is 0 Å². The van der Waals surface area contributed by atoms with Gasteiger partial charge in [0.15, 0.2) is 0 Å². The minimum absolute atomic E-state index is 0.0565. The predicted molar refractivity (Wildman–Crippen MR) is 72.9 cm³/mol. The molecular formula is C16H15FO3. The summed E-state index contributed by atoms with van der Waals surface area (Å²) in [5, 5.41) is 0. The Labute approximate surface area is 117 Å². The van der Waals surface area contributed by atoms with Gasteiger partial charge in [-0.25, -0.2) is 4.39 Å². The van der Waals surface area contributed by atoms with E-state index in [1.54, 1.807) is 0 Å². The molecule has 0 atom stereocenters. The Morgan fingerprint density at radius 1 is 1.15 bits per heavy atom. The molecule has 4 heteroatoms. The highest BCUT2D eigenvalue weighted by Gasteiger charge is 2.10. The van der Waals surface area contributed by atoms with Crippen LogP contribution in [-0.4, -0.2) is 13.1 Å². The molecule has 0 saturated heterocycles. The van der Waals surface area contributed by atoms with Crippen molar-refractivity contribution in [3.63, 3.8) is 0 Å². The van der Waals surface area contributed by atoms with Crippen molar-refractivity contribution in [1.82, 2.24) is 0 Å². The quantitative estimate of drug-likeness (QED) is 0.786. The van der Waals surface area contributed by atoms with Gasteiger partial charge >= 0.3 is 5.97 Å². The molecule has 0 aliphatic rings. The van der Waals surface area contributed by atoms with Crippen LogP contribution in [0.4, 0.5) is 4.39 Å². The summed E-state index contributed by atoms with van der Waals surface area (Å²) in [6.45, 7) is 0.318. The lowest BCUT2D eigenvalue weighted by atomic mass is 10.1. The fourth-order valence-corrected chi connectivity index (χ4v) is 1.77. The van der Waals surface area contributed by atoms with Crippen LogP contribution in [0.3, 0.4) is 0 Å². The van der Waals surface area contributed by atoms with E-state index in [1.165, 1.54) is 25.3 Å². The minimum atomic E-state index is -0.401. The fraction of sp³-hybridized carbons (Fsp3) is 0.188. The molecule has 0 spiro atoms. The maximum absolute atomic E-state index is 13.3. The number of hydrogen-bond acceptors (Lipinski definition) is 3. The highest BCUT2D eigenvalue weighted by atomic mass is 19.1. The molecule has 2 aromatic carbocycles. The van der Waals surface area contributed by atoms with Crippen LogP contribution in [0.15, 0.2) is 48.5 Å². The number of benzene rings is 2. The second kappa shape index (κ2) is 6.70. The van der Waals surface area contributed by atoms with Crippen molar-refractivity contribution in [3.8, 4) is 5.75 Å². The Morgan fingerprint density at radius 3 is 2.60 bits per heavy atom. The molecule has 3 nitrogen and oxygen atoms in total. The van der Waals surface area contributed by atoms with E-state index in [2.05, 4.69) is 4.74 Å². The van der Waals surface area contributed by atoms with E-state index in [-0.39, 0.29) is 12.4 Å². The summed E-state index contributed by atoms with van der Waals surface area (Å²) in [6.07, 6.45) is 0.0565. The number of hydrogen-bond donors (Lipinski definition) is 0. The first-order valence-corrected chi connectivity index (χ1v) is 6.21. The third-order valence-corrected chi connectivity index (χ3v) is 2.83. The molecule has 0 fully saturated rings. The van der Waals surface area contributed by atoms with Crippen LogP contribution in [0.2, 0.25) is 0 Å². The van der Waals surface area contributed by atoms with Crippen LogP contribution in [-0.2, 0) is 22.6 Å². The SMILES string of the molecule is COC(=O)Cc1ccc(F)cc1OCc1ccccc1. The smallest absolute Gasteiger partial charge is 0.310 e. The molecule has 0 amide bonds. The lowest BCUT2D eigenvalue weighted by molar-refractivity contribution is -0.139. The number of esters is 1. The van der Waals surface area contributed by atoms with Crippen molar-refractivity contribution in [1.29, 1.82) is 0 Å². The molecule has 0 heterocycles. The topological polar surface area (TPSA) is 35.5 Å². The number of carbonyl (C=O) groups is 1. The highest BCUT2D eigenvalue weighted by molar-refractivity contribution is 5.73. The van der Waals surface area contributed by atoms with Crippen molar-refractivity contribution in [2.24, 2.45) is 0 Å². The van der Waals surface area contributed by atoms with Gasteiger partial charge in [0, 0.05) is 11.6 Å². The Kier molecular flexibility index (Phi) is 4.71. The molecule has 0 radical (unpaired) electrons. The summed E-state index contributed by atoms with van der Waals surface area (Å²) in [6, 6.07) is 13.7. The molecule has 2 rings (SSSR count). The second-order valence-corrected chi connectivity index (χ2v) is 4.28. The van der Waals surface area contributed by atoms with Gasteiger partial charge in [0.1, 0.15) is 18.2 Å². The average molecular weight is 274 g/mol. The zero-order valence-corrected chi connectivity index (χ0v) is 11.1. The molecule has 0 aliphatic carbocycles. The molecule has 0 aliphatic heterocycles. The second-order valence-electron chi connectivity index (χ2n) is 4.28. The van der Waals surface area contributed by atoms with Crippen LogP contribution in [0.25, 0.3) is 0 Å². The molecule has 0 saturated carbocycles. The first-order valence-electron chi connectivity index (χ1n) is 6.21. The summed E-state index contributed by atoms with van der Waals surface area (Å²) >= 11 is 0. The minimum Gasteiger partial charge on any atom is -0.488 e. The molecule has 104 valence electrons. The molecule has 0 N–H and O–H groups in total. The van der Waals surface area contributed by atoms with Crippen molar-refractivity contribution in [2.75, 3.05) is 7.11 Å². The van der Waals surface area contributed by atoms with E-state index < -0.39 is 5.82 Å². The van der Waals surface area contributed by atoms with Gasteiger partial charge in [0.25, 0.3) is 0 Å². The van der Waals surface area contributed by atoms with Gasteiger partial charge in [-0.3, -0.25) is 4.79 Å². The summed E-state index contributed by atoms with van der Waals surface area (Å²) in [5.41, 5.74) is 1.58. The number of ether oxygens (including phenoxy) is 2. The van der Waals surface area contributed by atoms with Crippen molar-refractivity contribution >= 4 is 5.97 Å². The maximum Gasteiger partial charge on any atom is 0.310 e. The van der Waals surface area contributed by atoms with Crippen molar-refractivity contribution in [3.05, 3.63) is 65.5 Å². The Hall–Kier alpha value is -2.36. The van der Waals surface area contributed by atoms with E-state index in [0.29, 0.717) is 17.9 Å². The Balaban J connectivity index is 2.13. The molecule has 0 aromatic heterocycles. The summed E-state index contributed by atoms with van der Waals surface area (Å²) < 4.78 is 23.5. The monoisotopic (exact) mass is 274 g/mol. The van der Waals surface area contributed by atoms with Crippen LogP contribution in [0, 0.1) is 5.82 Å². The van der Waals surface area contributed by atoms with Crippen LogP contribution >= 0.6 is 0 Å². The molecule has 0 bridgehead atoms. The average Bonchev–Trinajstić information content (AvgIpc) is 2.48. The Bertz CT molecular complexity index is 582. The number of halogens is 1. The first-order chi connectivity index (χ1) is 9.69. The Morgan fingerprint density at radius 2 is 1.90 bits per heavy atom. The summed E-state index contributed by atoms with van der Waals surface area (Å²) in [7, 11) is 1.32. The van der Waals surface area contributed by atoms with Crippen molar-refractivity contribution < 1.29 is 18.7 Å². The van der Waals surface area contributed by atoms with Gasteiger partial charge in [-0.1, -0.05) is 36.4 Å². The van der Waals surface area contributed by atoms with Gasteiger partial charge in [0.2, 0.25) is 0 Å². The molecule has 0 unspecified atom stereocenters. The summed E-state index contributed by atoms with van der Waals surface area (Å²) in [5.74, 6) is -0.429. The standard InChI is InChI=1S/C16H15FO3/c1-19-16(18)9-13-7-8-14(17)10-15(13)20-11-12-5-3-2-4-6-12/h2-8,10H,9,11H2,1H3. The lowest BCUT2D eigenvalue weighted by Crippen LogP contribution is -2.07. The molecule has 2 aromatic rings. The maximum atomic E-state index is 13.3. The van der Waals surface area contributed by atoms with E-state index in [1.807, 2.05) is 30.3 Å². The van der Waals surface area contributed by atoms with Crippen LogP contribution < -0.4 is 4.74 Å². The van der Waals surface area contributed by atoms with Gasteiger partial charge in [-0.15, -0.1) is 0 Å². The van der Waals surface area contributed by atoms with Crippen LogP contribution in [0.1, 0.15) is 11.1 Å². The van der Waals surface area contributed by atoms with E-state index in [0.717, 1.165) is 5.56 Å². The van der Waals surface area contributed by atoms with Crippen LogP contribution in [0.5, 0.6) is 5.75 Å². The molecule has 20 heavy (non-hydrogen) atoms. The molecular weight excluding hydrogens is 259 g/mol. The largest absolute Gasteiger partial charge is 0.488 e. The lowest BCUT2D eigenvalue weighted by Gasteiger charge is -2.11. The van der Waals surface area contributed by atoms with Gasteiger partial charge in [-0.2, -0.15) is 0 Å². The van der Waals surface area contributed by atoms with Gasteiger partial charge in [0.05, 0.1) is 13.5 Å². The van der Waals surface area contributed by atoms with E-state index in [9.17, 15) is 9.18 Å². The van der Waals surface area contributed by atoms with Crippen molar-refractivity contribution in [2.45, 2.75) is 13.0 Å². The van der Waals surface area contributed by atoms with Gasteiger partial charge < -0.3 is 9.47 Å².